The topological polar surface area (TPSA) is 116 Å². The van der Waals surface area contributed by atoms with E-state index in [0.29, 0.717) is 55.7 Å². The number of benzene rings is 3. The summed E-state index contributed by atoms with van der Waals surface area (Å²) in [5, 5.41) is 11.2. The van der Waals surface area contributed by atoms with Gasteiger partial charge in [0.05, 0.1) is 17.8 Å². The third-order valence-corrected chi connectivity index (χ3v) is 9.47. The van der Waals surface area contributed by atoms with Gasteiger partial charge in [0.2, 0.25) is 5.91 Å². The highest BCUT2D eigenvalue weighted by atomic mass is 19.1. The Hall–Kier alpha value is -5.00. The van der Waals surface area contributed by atoms with E-state index in [4.69, 9.17) is 4.74 Å². The van der Waals surface area contributed by atoms with Crippen LogP contribution in [-0.2, 0) is 14.3 Å². The molecule has 3 aromatic carbocycles. The summed E-state index contributed by atoms with van der Waals surface area (Å²) in [5.74, 6) is 0.609. The fraction of sp³-hybridized carbons (Fsp3) is 0.306. The second-order valence-electron chi connectivity index (χ2n) is 12.3. The second-order valence-corrected chi connectivity index (χ2v) is 12.3. The zero-order chi connectivity index (χ0) is 32.4. The number of likely N-dealkylation sites (tertiary alicyclic amines) is 2. The Balaban J connectivity index is 0.939. The van der Waals surface area contributed by atoms with E-state index in [1.165, 1.54) is 17.7 Å². The molecule has 4 heterocycles. The average molecular weight is 634 g/mol. The van der Waals surface area contributed by atoms with Crippen molar-refractivity contribution in [2.75, 3.05) is 45.2 Å². The normalized spacial score (nSPS) is 18.9. The fourth-order valence-corrected chi connectivity index (χ4v) is 6.71. The van der Waals surface area contributed by atoms with Gasteiger partial charge in [0.25, 0.3) is 5.91 Å². The van der Waals surface area contributed by atoms with E-state index in [1.54, 1.807) is 37.7 Å². The zero-order valence-corrected chi connectivity index (χ0v) is 26.2. The van der Waals surface area contributed by atoms with E-state index in [1.807, 2.05) is 28.0 Å². The highest BCUT2D eigenvalue weighted by Crippen LogP contribution is 2.32. The average Bonchev–Trinajstić information content (AvgIpc) is 3.74. The van der Waals surface area contributed by atoms with Gasteiger partial charge in [-0.25, -0.2) is 14.4 Å². The third kappa shape index (κ3) is 6.36. The number of nitrogens with zero attached hydrogens (tertiary/aromatic N) is 5. The summed E-state index contributed by atoms with van der Waals surface area (Å²) in [6.45, 7) is 2.55. The largest absolute Gasteiger partial charge is 0.367 e. The van der Waals surface area contributed by atoms with E-state index in [2.05, 4.69) is 49.7 Å². The van der Waals surface area contributed by atoms with Gasteiger partial charge in [0.1, 0.15) is 5.82 Å². The smallest absolute Gasteiger partial charge is 0.258 e. The summed E-state index contributed by atoms with van der Waals surface area (Å²) in [6, 6.07) is 21.9. The Morgan fingerprint density at radius 2 is 1.70 bits per heavy atom. The number of aromatic amines is 1. The number of aromatic nitrogens is 4. The third-order valence-electron chi connectivity index (χ3n) is 9.47. The van der Waals surface area contributed by atoms with Gasteiger partial charge in [0, 0.05) is 67.9 Å². The number of carbonyl (C=O) groups is 2. The molecule has 0 radical (unpaired) electrons. The van der Waals surface area contributed by atoms with Crippen molar-refractivity contribution in [2.45, 2.75) is 30.8 Å². The van der Waals surface area contributed by atoms with Gasteiger partial charge in [0.15, 0.2) is 11.4 Å². The van der Waals surface area contributed by atoms with Crippen molar-refractivity contribution in [3.8, 4) is 22.6 Å². The second kappa shape index (κ2) is 13.0. The Labute approximate surface area is 272 Å². The number of nitrogens with one attached hydrogen (secondary N) is 2. The quantitative estimate of drug-likeness (QED) is 0.240. The summed E-state index contributed by atoms with van der Waals surface area (Å²) in [5.41, 5.74) is 4.02. The number of carbonyl (C=O) groups excluding carboxylic acids is 2. The predicted octanol–water partition coefficient (Wildman–Crippen LogP) is 5.26. The van der Waals surface area contributed by atoms with Gasteiger partial charge in [-0.2, -0.15) is 5.10 Å². The number of H-pyrrole nitrogens is 1. The standard InChI is InChI=1S/C36H36FN7O3/c1-47-36(35(46)40-29-11-12-31-30(21-29)33(42-41-31)26-7-9-28(37)10-8-26)15-20-43(23-36)22-32(45)44-18-13-25(14-19-44)24-3-5-27(6-4-24)34-38-16-2-17-39-34/h2-12,16-17,21,25H,13-15,18-20,22-23H2,1H3,(H,40,46)(H,41,42)/t36-/m0/s1. The van der Waals surface area contributed by atoms with Gasteiger partial charge in [-0.15, -0.1) is 0 Å². The minimum atomic E-state index is -1.07. The van der Waals surface area contributed by atoms with E-state index in [9.17, 15) is 14.0 Å². The molecule has 10 nitrogen and oxygen atoms in total. The van der Waals surface area contributed by atoms with Crippen LogP contribution < -0.4 is 5.32 Å². The number of fused-ring (bicyclic) bond motifs is 1. The first-order valence-corrected chi connectivity index (χ1v) is 15.9. The highest BCUT2D eigenvalue weighted by Gasteiger charge is 2.45. The number of hydrogen-bond acceptors (Lipinski definition) is 7. The molecule has 2 aromatic heterocycles. The molecule has 2 amide bonds. The predicted molar refractivity (Wildman–Crippen MR) is 177 cm³/mol. The molecular weight excluding hydrogens is 597 g/mol. The highest BCUT2D eigenvalue weighted by molar-refractivity contribution is 6.01. The fourth-order valence-electron chi connectivity index (χ4n) is 6.71. The van der Waals surface area contributed by atoms with Crippen LogP contribution in [0.1, 0.15) is 30.7 Å². The van der Waals surface area contributed by atoms with Crippen LogP contribution in [-0.4, -0.2) is 87.2 Å². The zero-order valence-electron chi connectivity index (χ0n) is 26.2. The molecule has 7 rings (SSSR count). The van der Waals surface area contributed by atoms with E-state index in [0.717, 1.165) is 34.9 Å². The van der Waals surface area contributed by atoms with E-state index >= 15 is 0 Å². The molecule has 2 N–H and O–H groups in total. The first-order chi connectivity index (χ1) is 22.9. The molecule has 2 aliphatic rings. The number of rotatable bonds is 8. The van der Waals surface area contributed by atoms with Crippen LogP contribution in [0.3, 0.4) is 0 Å². The van der Waals surface area contributed by atoms with Gasteiger partial charge in [-0.05, 0) is 79.3 Å². The van der Waals surface area contributed by atoms with E-state index < -0.39 is 5.60 Å². The number of hydrogen-bond donors (Lipinski definition) is 2. The molecule has 11 heteroatoms. The molecule has 5 aromatic rings. The molecular formula is C36H36FN7O3. The molecule has 0 unspecified atom stereocenters. The number of halogens is 1. The molecule has 2 saturated heterocycles. The molecule has 2 aliphatic heterocycles. The van der Waals surface area contributed by atoms with Crippen molar-refractivity contribution in [1.29, 1.82) is 0 Å². The van der Waals surface area contributed by atoms with Crippen LogP contribution in [0.15, 0.2) is 85.2 Å². The number of amides is 2. The number of piperidine rings is 1. The number of methoxy groups -OCH3 is 1. The van der Waals surface area contributed by atoms with Crippen molar-refractivity contribution in [2.24, 2.45) is 0 Å². The molecule has 0 aliphatic carbocycles. The Morgan fingerprint density at radius 1 is 0.979 bits per heavy atom. The lowest BCUT2D eigenvalue weighted by molar-refractivity contribution is -0.138. The van der Waals surface area contributed by atoms with Crippen LogP contribution in [0.5, 0.6) is 0 Å². The van der Waals surface area contributed by atoms with Crippen molar-refractivity contribution < 1.29 is 18.7 Å². The Kier molecular flexibility index (Phi) is 8.48. The van der Waals surface area contributed by atoms with Crippen LogP contribution in [0.25, 0.3) is 33.5 Å². The van der Waals surface area contributed by atoms with Crippen LogP contribution in [0, 0.1) is 5.82 Å². The minimum absolute atomic E-state index is 0.0751. The summed E-state index contributed by atoms with van der Waals surface area (Å²) >= 11 is 0. The molecule has 0 bridgehead atoms. The van der Waals surface area contributed by atoms with Crippen molar-refractivity contribution in [3.63, 3.8) is 0 Å². The first kappa shape index (κ1) is 30.6. The summed E-state index contributed by atoms with van der Waals surface area (Å²) in [6.07, 6.45) is 5.77. The molecule has 240 valence electrons. The Morgan fingerprint density at radius 3 is 2.43 bits per heavy atom. The lowest BCUT2D eigenvalue weighted by Crippen LogP contribution is -2.48. The van der Waals surface area contributed by atoms with Crippen molar-refractivity contribution >= 4 is 28.4 Å². The van der Waals surface area contributed by atoms with E-state index in [-0.39, 0.29) is 24.2 Å². The summed E-state index contributed by atoms with van der Waals surface area (Å²) < 4.78 is 19.3. The summed E-state index contributed by atoms with van der Waals surface area (Å²) in [7, 11) is 1.54. The van der Waals surface area contributed by atoms with Crippen molar-refractivity contribution in [3.05, 3.63) is 96.6 Å². The Bertz CT molecular complexity index is 1870. The van der Waals surface area contributed by atoms with Crippen LogP contribution in [0.4, 0.5) is 10.1 Å². The lowest BCUT2D eigenvalue weighted by atomic mass is 9.89. The maximum atomic E-state index is 13.6. The molecule has 1 atom stereocenters. The summed E-state index contributed by atoms with van der Waals surface area (Å²) in [4.78, 5) is 39.5. The van der Waals surface area contributed by atoms with Crippen LogP contribution >= 0.6 is 0 Å². The molecule has 0 spiro atoms. The van der Waals surface area contributed by atoms with Gasteiger partial charge in [-0.3, -0.25) is 19.6 Å². The van der Waals surface area contributed by atoms with Gasteiger partial charge in [-0.1, -0.05) is 24.3 Å². The maximum Gasteiger partial charge on any atom is 0.258 e. The minimum Gasteiger partial charge on any atom is -0.367 e. The molecule has 0 saturated carbocycles. The monoisotopic (exact) mass is 633 g/mol. The van der Waals surface area contributed by atoms with Gasteiger partial charge >= 0.3 is 0 Å². The lowest BCUT2D eigenvalue weighted by Gasteiger charge is -2.33. The SMILES string of the molecule is CO[C@@]1(C(=O)Nc2ccc3[nH]nc(-c4ccc(F)cc4)c3c2)CCN(CC(=O)N2CCC(c3ccc(-c4ncccn4)cc3)CC2)C1. The maximum absolute atomic E-state index is 13.6. The molecule has 47 heavy (non-hydrogen) atoms. The first-order valence-electron chi connectivity index (χ1n) is 15.9. The van der Waals surface area contributed by atoms with Crippen LogP contribution in [0.2, 0.25) is 0 Å². The molecule has 2 fully saturated rings. The number of anilines is 1. The number of ether oxygens (including phenoxy) is 1. The van der Waals surface area contributed by atoms with Crippen molar-refractivity contribution in [1.82, 2.24) is 30.0 Å². The van der Waals surface area contributed by atoms with Gasteiger partial charge < -0.3 is 15.0 Å².